The Kier molecular flexibility index (Phi) is 9.37. The van der Waals surface area contributed by atoms with Gasteiger partial charge in [0.2, 0.25) is 0 Å². The predicted molar refractivity (Wildman–Crippen MR) is 113 cm³/mol. The zero-order valence-electron chi connectivity index (χ0n) is 17.3. The molecule has 0 spiro atoms. The maximum atomic E-state index is 13.8. The van der Waals surface area contributed by atoms with Crippen LogP contribution in [0.3, 0.4) is 0 Å². The fraction of sp³-hybridized carbons (Fsp3) is 0.409. The van der Waals surface area contributed by atoms with Gasteiger partial charge >= 0.3 is 0 Å². The molecule has 0 atom stereocenters. The van der Waals surface area contributed by atoms with Crippen LogP contribution in [-0.4, -0.2) is 44.7 Å². The van der Waals surface area contributed by atoms with Crippen molar-refractivity contribution in [2.45, 2.75) is 26.4 Å². The maximum Gasteiger partial charge on any atom is 0.191 e. The Labute approximate surface area is 171 Å². The molecule has 0 aliphatic rings. The Hall–Kier alpha value is -2.67. The van der Waals surface area contributed by atoms with Crippen molar-refractivity contribution in [2.75, 3.05) is 33.8 Å². The average molecular weight is 405 g/mol. The number of hydrogen-bond acceptors (Lipinski definition) is 3. The van der Waals surface area contributed by atoms with Crippen LogP contribution >= 0.6 is 0 Å². The first-order valence-corrected chi connectivity index (χ1v) is 9.80. The van der Waals surface area contributed by atoms with Gasteiger partial charge in [0, 0.05) is 25.2 Å². The minimum absolute atomic E-state index is 0.148. The van der Waals surface area contributed by atoms with Gasteiger partial charge < -0.3 is 20.3 Å². The molecule has 0 saturated heterocycles. The van der Waals surface area contributed by atoms with Gasteiger partial charge in [0.05, 0.1) is 13.2 Å². The summed E-state index contributed by atoms with van der Waals surface area (Å²) < 4.78 is 32.8. The van der Waals surface area contributed by atoms with Crippen molar-refractivity contribution < 1.29 is 13.5 Å². The first kappa shape index (κ1) is 22.6. The molecule has 2 aromatic rings. The quantitative estimate of drug-likeness (QED) is 0.361. The molecule has 7 heteroatoms. The van der Waals surface area contributed by atoms with E-state index in [-0.39, 0.29) is 12.1 Å². The number of nitrogens with zero attached hydrogens (tertiary/aromatic N) is 2. The van der Waals surface area contributed by atoms with Gasteiger partial charge in [-0.1, -0.05) is 12.1 Å². The van der Waals surface area contributed by atoms with E-state index in [0.717, 1.165) is 36.4 Å². The van der Waals surface area contributed by atoms with E-state index in [1.54, 1.807) is 0 Å². The highest BCUT2D eigenvalue weighted by Gasteiger charge is 2.05. The number of aliphatic imine (C=N–C) groups is 1. The van der Waals surface area contributed by atoms with Crippen molar-refractivity contribution in [1.29, 1.82) is 0 Å². The summed E-state index contributed by atoms with van der Waals surface area (Å²) in [6.07, 6.45) is 0.975. The van der Waals surface area contributed by atoms with Gasteiger partial charge in [0.25, 0.3) is 0 Å². The van der Waals surface area contributed by atoms with Gasteiger partial charge in [0.15, 0.2) is 5.96 Å². The molecule has 0 saturated carbocycles. The van der Waals surface area contributed by atoms with Crippen LogP contribution in [0.2, 0.25) is 0 Å². The molecule has 0 aliphatic heterocycles. The van der Waals surface area contributed by atoms with Crippen molar-refractivity contribution >= 4 is 5.96 Å². The lowest BCUT2D eigenvalue weighted by Gasteiger charge is -2.12. The Morgan fingerprint density at radius 1 is 1.07 bits per heavy atom. The molecular weight excluding hydrogens is 374 g/mol. The normalized spacial score (nSPS) is 11.6. The number of rotatable bonds is 10. The zero-order valence-corrected chi connectivity index (χ0v) is 17.3. The van der Waals surface area contributed by atoms with Crippen LogP contribution in [0.5, 0.6) is 5.75 Å². The van der Waals surface area contributed by atoms with Gasteiger partial charge in [-0.15, -0.1) is 0 Å². The number of guanidine groups is 1. The monoisotopic (exact) mass is 404 g/mol. The molecule has 158 valence electrons. The van der Waals surface area contributed by atoms with Crippen molar-refractivity contribution in [2.24, 2.45) is 4.99 Å². The first-order chi connectivity index (χ1) is 14.0. The van der Waals surface area contributed by atoms with Gasteiger partial charge in [-0.3, -0.25) is 0 Å². The molecule has 0 amide bonds. The minimum atomic E-state index is -0.464. The summed E-state index contributed by atoms with van der Waals surface area (Å²) >= 11 is 0. The van der Waals surface area contributed by atoms with Crippen LogP contribution in [0.15, 0.2) is 47.5 Å². The third-order valence-electron chi connectivity index (χ3n) is 4.16. The lowest BCUT2D eigenvalue weighted by molar-refractivity contribution is 0.281. The fourth-order valence-corrected chi connectivity index (χ4v) is 2.63. The number of ether oxygens (including phenoxy) is 1. The van der Waals surface area contributed by atoms with E-state index in [2.05, 4.69) is 20.5 Å². The first-order valence-electron chi connectivity index (χ1n) is 9.80. The summed E-state index contributed by atoms with van der Waals surface area (Å²) in [6.45, 7) is 4.89. The summed E-state index contributed by atoms with van der Waals surface area (Å²) in [7, 11) is 4.08. The molecule has 0 radical (unpaired) electrons. The largest absolute Gasteiger partial charge is 0.494 e. The molecule has 5 nitrogen and oxygen atoms in total. The molecule has 0 fully saturated rings. The molecule has 2 N–H and O–H groups in total. The lowest BCUT2D eigenvalue weighted by Crippen LogP contribution is -2.37. The van der Waals surface area contributed by atoms with Crippen LogP contribution in [-0.2, 0) is 13.1 Å². The van der Waals surface area contributed by atoms with Crippen molar-refractivity contribution in [3.63, 3.8) is 0 Å². The zero-order chi connectivity index (χ0) is 21.1. The Bertz CT molecular complexity index is 779. The highest BCUT2D eigenvalue weighted by molar-refractivity contribution is 5.79. The summed E-state index contributed by atoms with van der Waals surface area (Å²) in [6, 6.07) is 11.2. The van der Waals surface area contributed by atoms with E-state index in [1.807, 2.05) is 45.3 Å². The molecule has 0 unspecified atom stereocenters. The van der Waals surface area contributed by atoms with Gasteiger partial charge in [-0.05, 0) is 63.3 Å². The predicted octanol–water partition coefficient (Wildman–Crippen LogP) is 3.55. The van der Waals surface area contributed by atoms with Crippen LogP contribution in [0, 0.1) is 11.6 Å². The van der Waals surface area contributed by atoms with Crippen molar-refractivity contribution in [1.82, 2.24) is 15.5 Å². The number of benzene rings is 2. The van der Waals surface area contributed by atoms with Crippen molar-refractivity contribution in [3.05, 3.63) is 65.2 Å². The second-order valence-corrected chi connectivity index (χ2v) is 6.93. The number of hydrogen-bond donors (Lipinski definition) is 2. The van der Waals surface area contributed by atoms with Crippen LogP contribution in [0.25, 0.3) is 0 Å². The Morgan fingerprint density at radius 3 is 2.52 bits per heavy atom. The number of halogens is 2. The molecule has 2 aromatic carbocycles. The van der Waals surface area contributed by atoms with Gasteiger partial charge in [-0.2, -0.15) is 0 Å². The summed E-state index contributed by atoms with van der Waals surface area (Å²) in [5.74, 6) is 0.466. The molecule has 0 aromatic heterocycles. The maximum absolute atomic E-state index is 13.8. The van der Waals surface area contributed by atoms with E-state index >= 15 is 0 Å². The standard InChI is InChI=1S/C22H30F2N4O/c1-4-25-22(27-16-18-14-19(23)8-11-21(18)24)26-15-17-6-9-20(10-7-17)29-13-5-12-28(2)3/h6-11,14H,4-5,12-13,15-16H2,1-3H3,(H2,25,26,27). The molecule has 2 rings (SSSR count). The fourth-order valence-electron chi connectivity index (χ4n) is 2.63. The summed E-state index contributed by atoms with van der Waals surface area (Å²) in [5, 5.41) is 6.14. The topological polar surface area (TPSA) is 48.9 Å². The second kappa shape index (κ2) is 12.0. The minimum Gasteiger partial charge on any atom is -0.494 e. The van der Waals surface area contributed by atoms with E-state index in [4.69, 9.17) is 4.74 Å². The third kappa shape index (κ3) is 8.48. The molecular formula is C22H30F2N4O. The van der Waals surface area contributed by atoms with E-state index < -0.39 is 11.6 Å². The van der Waals surface area contributed by atoms with E-state index in [0.29, 0.717) is 25.7 Å². The van der Waals surface area contributed by atoms with E-state index in [9.17, 15) is 8.78 Å². The highest BCUT2D eigenvalue weighted by atomic mass is 19.1. The molecule has 0 aliphatic carbocycles. The highest BCUT2D eigenvalue weighted by Crippen LogP contribution is 2.13. The summed E-state index contributed by atoms with van der Waals surface area (Å²) in [5.41, 5.74) is 1.28. The molecule has 29 heavy (non-hydrogen) atoms. The smallest absolute Gasteiger partial charge is 0.191 e. The average Bonchev–Trinajstić information content (AvgIpc) is 2.70. The Morgan fingerprint density at radius 2 is 1.83 bits per heavy atom. The van der Waals surface area contributed by atoms with Crippen LogP contribution < -0.4 is 15.4 Å². The molecule has 0 heterocycles. The van der Waals surface area contributed by atoms with Gasteiger partial charge in [-0.25, -0.2) is 13.8 Å². The molecule has 0 bridgehead atoms. The van der Waals surface area contributed by atoms with Crippen LogP contribution in [0.1, 0.15) is 24.5 Å². The van der Waals surface area contributed by atoms with E-state index in [1.165, 1.54) is 6.07 Å². The third-order valence-corrected chi connectivity index (χ3v) is 4.16. The second-order valence-electron chi connectivity index (χ2n) is 6.93. The lowest BCUT2D eigenvalue weighted by atomic mass is 10.2. The Balaban J connectivity index is 1.88. The van der Waals surface area contributed by atoms with Gasteiger partial charge in [0.1, 0.15) is 17.4 Å². The van der Waals surface area contributed by atoms with Crippen molar-refractivity contribution in [3.8, 4) is 5.75 Å². The SMILES string of the molecule is CCNC(=NCc1ccc(OCCCN(C)C)cc1)NCc1cc(F)ccc1F. The number of nitrogens with one attached hydrogen (secondary N) is 2. The van der Waals surface area contributed by atoms with Crippen LogP contribution in [0.4, 0.5) is 8.78 Å². The summed E-state index contributed by atoms with van der Waals surface area (Å²) in [4.78, 5) is 6.64.